The molecule has 1 N–H and O–H groups in total. The van der Waals surface area contributed by atoms with Gasteiger partial charge in [-0.1, -0.05) is 33.8 Å². The predicted octanol–water partition coefficient (Wildman–Crippen LogP) is 4.65. The Morgan fingerprint density at radius 3 is 2.55 bits per heavy atom. The van der Waals surface area contributed by atoms with Gasteiger partial charge in [-0.2, -0.15) is 0 Å². The summed E-state index contributed by atoms with van der Waals surface area (Å²) in [6, 6.07) is 0. The van der Waals surface area contributed by atoms with E-state index in [2.05, 4.69) is 0 Å². The van der Waals surface area contributed by atoms with Crippen LogP contribution in [0.2, 0.25) is 0 Å². The van der Waals surface area contributed by atoms with Crippen LogP contribution >= 0.6 is 0 Å². The van der Waals surface area contributed by atoms with Gasteiger partial charge in [0.15, 0.2) is 11.5 Å². The monoisotopic (exact) mass is 436 g/mol. The normalized spacial score (nSPS) is 48.8. The van der Waals surface area contributed by atoms with Crippen LogP contribution in [0.3, 0.4) is 0 Å². The lowest BCUT2D eigenvalue weighted by Crippen LogP contribution is -2.68. The number of esters is 1. The van der Waals surface area contributed by atoms with E-state index in [0.29, 0.717) is 18.4 Å². The largest absolute Gasteiger partial charge is 0.461 e. The van der Waals surface area contributed by atoms with E-state index in [1.165, 1.54) is 6.08 Å². The molecule has 4 rings (SSSR count). The average Bonchev–Trinajstić information content (AvgIpc) is 2.95. The molecule has 0 aromatic rings. The van der Waals surface area contributed by atoms with Crippen molar-refractivity contribution in [1.29, 1.82) is 0 Å². The second kappa shape index (κ2) is 7.23. The van der Waals surface area contributed by atoms with Crippen molar-refractivity contribution in [2.24, 2.45) is 28.6 Å². The fourth-order valence-electron chi connectivity index (χ4n) is 7.45. The highest BCUT2D eigenvalue weighted by Gasteiger charge is 2.73. The highest BCUT2D eigenvalue weighted by Crippen LogP contribution is 2.69. The molecular formula is C25H34F2O4. The van der Waals surface area contributed by atoms with E-state index in [1.807, 2.05) is 20.8 Å². The summed E-state index contributed by atoms with van der Waals surface area (Å²) in [4.78, 5) is 24.5. The maximum Gasteiger partial charge on any atom is 0.305 e. The Bertz CT molecular complexity index is 866. The van der Waals surface area contributed by atoms with Crippen molar-refractivity contribution in [3.63, 3.8) is 0 Å². The smallest absolute Gasteiger partial charge is 0.305 e. The summed E-state index contributed by atoms with van der Waals surface area (Å²) < 4.78 is 38.5. The molecular weight excluding hydrogens is 402 g/mol. The van der Waals surface area contributed by atoms with Crippen LogP contribution in [0.15, 0.2) is 23.3 Å². The van der Waals surface area contributed by atoms with Gasteiger partial charge < -0.3 is 9.84 Å². The molecule has 3 fully saturated rings. The molecule has 172 valence electrons. The number of ether oxygens (including phenoxy) is 1. The fourth-order valence-corrected chi connectivity index (χ4v) is 7.45. The maximum atomic E-state index is 17.2. The molecule has 0 amide bonds. The van der Waals surface area contributed by atoms with Crippen LogP contribution in [0.4, 0.5) is 8.78 Å². The van der Waals surface area contributed by atoms with Crippen LogP contribution in [0, 0.1) is 28.6 Å². The summed E-state index contributed by atoms with van der Waals surface area (Å²) in [5.74, 6) is -1.53. The van der Waals surface area contributed by atoms with Crippen molar-refractivity contribution in [1.82, 2.24) is 0 Å². The fraction of sp³-hybridized carbons (Fsp3) is 0.760. The van der Waals surface area contributed by atoms with Crippen molar-refractivity contribution in [2.45, 2.75) is 90.8 Å². The third kappa shape index (κ3) is 2.86. The number of aliphatic hydroxyl groups is 1. The number of alkyl halides is 2. The first-order valence-electron chi connectivity index (χ1n) is 11.6. The summed E-state index contributed by atoms with van der Waals surface area (Å²) in [5.41, 5.74) is -3.47. The molecule has 0 bridgehead atoms. The van der Waals surface area contributed by atoms with E-state index in [0.717, 1.165) is 0 Å². The molecule has 0 aliphatic heterocycles. The Morgan fingerprint density at radius 2 is 1.94 bits per heavy atom. The first-order chi connectivity index (χ1) is 14.4. The van der Waals surface area contributed by atoms with Gasteiger partial charge in [0.2, 0.25) is 0 Å². The number of carbonyl (C=O) groups excluding carboxylic acids is 2. The lowest BCUT2D eigenvalue weighted by molar-refractivity contribution is -0.212. The second-order valence-electron chi connectivity index (χ2n) is 10.6. The van der Waals surface area contributed by atoms with Gasteiger partial charge in [0.05, 0.1) is 6.10 Å². The van der Waals surface area contributed by atoms with Gasteiger partial charge in [0, 0.05) is 23.2 Å². The lowest BCUT2D eigenvalue weighted by Gasteiger charge is -2.62. The minimum atomic E-state index is -2.09. The van der Waals surface area contributed by atoms with Crippen LogP contribution in [0.25, 0.3) is 0 Å². The van der Waals surface area contributed by atoms with Crippen LogP contribution < -0.4 is 0 Å². The molecule has 4 aliphatic carbocycles. The predicted molar refractivity (Wildman–Crippen MR) is 113 cm³/mol. The highest BCUT2D eigenvalue weighted by atomic mass is 19.1. The molecule has 0 saturated heterocycles. The first kappa shape index (κ1) is 22.6. The number of carbonyl (C=O) groups is 2. The van der Waals surface area contributed by atoms with Gasteiger partial charge in [0.1, 0.15) is 12.3 Å². The number of allylic oxidation sites excluding steroid dienone is 4. The number of hydrogen-bond donors (Lipinski definition) is 1. The van der Waals surface area contributed by atoms with Gasteiger partial charge in [-0.15, -0.1) is 0 Å². The Hall–Kier alpha value is -1.56. The molecule has 4 nitrogen and oxygen atoms in total. The summed E-state index contributed by atoms with van der Waals surface area (Å²) in [5, 5.41) is 11.3. The molecule has 31 heavy (non-hydrogen) atoms. The van der Waals surface area contributed by atoms with Gasteiger partial charge in [-0.3, -0.25) is 9.59 Å². The summed E-state index contributed by atoms with van der Waals surface area (Å²) >= 11 is 0. The van der Waals surface area contributed by atoms with Crippen molar-refractivity contribution in [2.75, 3.05) is 0 Å². The standard InChI is InChI=1S/C25H34F2O4/c1-6-14-11-24(5)17(10-19(14)28)18(26)9-16-15-8-13(3)22(31-21(30)7-2)23(15,4)12-20(29)25(16,24)27/h10-11,13,15-16,18,20,22,29H,6-9,12H2,1-5H3/t13-,15+,16+,18+,20+,22-,23+,24+,25+/m1/s1. The molecule has 0 heterocycles. The van der Waals surface area contributed by atoms with Crippen LogP contribution in [-0.2, 0) is 14.3 Å². The van der Waals surface area contributed by atoms with E-state index in [4.69, 9.17) is 4.74 Å². The zero-order valence-corrected chi connectivity index (χ0v) is 19.1. The van der Waals surface area contributed by atoms with Crippen LogP contribution in [-0.4, -0.2) is 40.9 Å². The van der Waals surface area contributed by atoms with E-state index in [1.54, 1.807) is 19.9 Å². The molecule has 0 radical (unpaired) electrons. The molecule has 9 atom stereocenters. The SMILES string of the molecule is CCC(=O)O[C@@H]1[C@H](C)C[C@H]2[C@@H]3C[C@H](F)C4=CC(=O)C(CC)=C[C@]4(C)[C@@]3(F)[C@@H](O)C[C@]12C. The van der Waals surface area contributed by atoms with Gasteiger partial charge in [-0.05, 0) is 61.7 Å². The van der Waals surface area contributed by atoms with Gasteiger partial charge in [0.25, 0.3) is 0 Å². The lowest BCUT2D eigenvalue weighted by atomic mass is 9.45. The number of aliphatic hydroxyl groups excluding tert-OH is 1. The molecule has 0 spiro atoms. The Balaban J connectivity index is 1.81. The van der Waals surface area contributed by atoms with Crippen molar-refractivity contribution >= 4 is 11.8 Å². The van der Waals surface area contributed by atoms with E-state index >= 15 is 8.78 Å². The van der Waals surface area contributed by atoms with E-state index in [-0.39, 0.29) is 48.4 Å². The maximum absolute atomic E-state index is 17.2. The molecule has 6 heteroatoms. The second-order valence-corrected chi connectivity index (χ2v) is 10.6. The quantitative estimate of drug-likeness (QED) is 0.654. The number of halogens is 2. The number of rotatable bonds is 3. The van der Waals surface area contributed by atoms with Gasteiger partial charge >= 0.3 is 5.97 Å². The Kier molecular flexibility index (Phi) is 5.27. The molecule has 4 aliphatic rings. The number of hydrogen-bond acceptors (Lipinski definition) is 4. The van der Waals surface area contributed by atoms with E-state index < -0.39 is 40.8 Å². The Labute approximate surface area is 183 Å². The zero-order valence-electron chi connectivity index (χ0n) is 19.1. The van der Waals surface area contributed by atoms with Crippen molar-refractivity contribution in [3.05, 3.63) is 23.3 Å². The number of fused-ring (bicyclic) bond motifs is 5. The van der Waals surface area contributed by atoms with Crippen molar-refractivity contribution < 1.29 is 28.2 Å². The summed E-state index contributed by atoms with van der Waals surface area (Å²) in [7, 11) is 0. The third-order valence-electron chi connectivity index (χ3n) is 8.97. The van der Waals surface area contributed by atoms with Crippen LogP contribution in [0.1, 0.15) is 66.7 Å². The number of ketones is 1. The van der Waals surface area contributed by atoms with Crippen molar-refractivity contribution in [3.8, 4) is 0 Å². The third-order valence-corrected chi connectivity index (χ3v) is 8.97. The summed E-state index contributed by atoms with van der Waals surface area (Å²) in [6.07, 6.45) is 0.994. The zero-order chi connectivity index (χ0) is 22.9. The minimum Gasteiger partial charge on any atom is -0.461 e. The first-order valence-corrected chi connectivity index (χ1v) is 11.6. The highest BCUT2D eigenvalue weighted by molar-refractivity contribution is 6.06. The molecule has 0 aromatic carbocycles. The Morgan fingerprint density at radius 1 is 1.26 bits per heavy atom. The molecule has 0 aromatic heterocycles. The average molecular weight is 437 g/mol. The topological polar surface area (TPSA) is 63.6 Å². The van der Waals surface area contributed by atoms with Crippen LogP contribution in [0.5, 0.6) is 0 Å². The van der Waals surface area contributed by atoms with E-state index in [9.17, 15) is 14.7 Å². The molecule has 3 saturated carbocycles. The minimum absolute atomic E-state index is 0.00228. The van der Waals surface area contributed by atoms with Gasteiger partial charge in [-0.25, -0.2) is 8.78 Å². The summed E-state index contributed by atoms with van der Waals surface area (Å²) in [6.45, 7) is 9.13. The molecule has 0 unspecified atom stereocenters.